The molecule has 7 rings (SSSR count). The fraction of sp³-hybridized carbons (Fsp3) is 0.556. The third-order valence-corrected chi connectivity index (χ3v) is 12.4. The van der Waals surface area contributed by atoms with Crippen LogP contribution in [0.1, 0.15) is 57.1 Å². The Hall–Kier alpha value is -3.32. The van der Waals surface area contributed by atoms with Gasteiger partial charge in [-0.05, 0) is 106 Å². The summed E-state index contributed by atoms with van der Waals surface area (Å²) in [5.41, 5.74) is 1.23. The van der Waals surface area contributed by atoms with Crippen LogP contribution in [-0.2, 0) is 40.9 Å². The number of benzene rings is 2. The molecule has 2 aromatic carbocycles. The Labute approximate surface area is 292 Å². The number of nitrogens with one attached hydrogen (secondary N) is 2. The van der Waals surface area contributed by atoms with E-state index in [2.05, 4.69) is 21.0 Å². The van der Waals surface area contributed by atoms with Crippen LogP contribution in [0.3, 0.4) is 0 Å². The third-order valence-electron chi connectivity index (χ3n) is 10.8. The van der Waals surface area contributed by atoms with E-state index in [4.69, 9.17) is 30.5 Å². The Morgan fingerprint density at radius 2 is 2.00 bits per heavy atom. The van der Waals surface area contributed by atoms with Crippen molar-refractivity contribution in [3.8, 4) is 5.75 Å². The van der Waals surface area contributed by atoms with Crippen molar-refractivity contribution in [2.45, 2.75) is 80.4 Å². The number of rotatable bonds is 2. The predicted molar refractivity (Wildman–Crippen MR) is 184 cm³/mol. The van der Waals surface area contributed by atoms with Gasteiger partial charge in [-0.2, -0.15) is 0 Å². The maximum absolute atomic E-state index is 13.6. The third kappa shape index (κ3) is 7.02. The van der Waals surface area contributed by atoms with Crippen molar-refractivity contribution in [2.75, 3.05) is 44.4 Å². The molecule has 5 atom stereocenters. The van der Waals surface area contributed by atoms with Crippen LogP contribution in [0.15, 0.2) is 53.4 Å². The first-order valence-corrected chi connectivity index (χ1v) is 19.0. The number of hydrogen-bond acceptors (Lipinski definition) is 9. The highest BCUT2D eigenvalue weighted by Crippen LogP contribution is 2.47. The first-order chi connectivity index (χ1) is 23.4. The second kappa shape index (κ2) is 13.4. The zero-order valence-corrected chi connectivity index (χ0v) is 29.5. The van der Waals surface area contributed by atoms with Crippen molar-refractivity contribution in [2.24, 2.45) is 11.8 Å². The molecule has 49 heavy (non-hydrogen) atoms. The van der Waals surface area contributed by atoms with E-state index >= 15 is 0 Å². The molecule has 2 bridgehead atoms. The van der Waals surface area contributed by atoms with E-state index in [9.17, 15) is 18.0 Å². The van der Waals surface area contributed by atoms with Gasteiger partial charge in [-0.3, -0.25) is 4.79 Å². The molecule has 2 amide bonds. The number of hydrogen-bond donors (Lipinski definition) is 2. The summed E-state index contributed by atoms with van der Waals surface area (Å²) in [5, 5.41) is 3.63. The molecule has 2 aromatic rings. The second-order valence-corrected chi connectivity index (χ2v) is 16.6. The molecule has 11 nitrogen and oxygen atoms in total. The van der Waals surface area contributed by atoms with E-state index in [1.807, 2.05) is 18.2 Å². The molecule has 1 saturated carbocycles. The number of alkyl carbamates (subject to hydrolysis) is 1. The standard InChI is InChI=1S/C36H44ClN3O8S/c1-35(2)33(41)39-49(43,44)27-9-12-32-30(18-27)40(21-36(22-46-32)14-3-5-23-17-25(37)8-11-29(23)36)19-24-7-10-28(24)31(6-4-15-47-35)48-34(42)38-26-13-16-45-20-26/h4,6,8-9,11-12,17-18,24,26,28,31H,3,5,7,10,13-16,19-22H2,1-2H3,(H,38,42)(H,39,41)/b6-4-/t24-,26+,28+,31-,36-/m0/s1. The summed E-state index contributed by atoms with van der Waals surface area (Å²) in [5.74, 6) is -0.0648. The summed E-state index contributed by atoms with van der Waals surface area (Å²) in [6, 6.07) is 10.7. The molecule has 2 fully saturated rings. The molecule has 0 unspecified atom stereocenters. The molecular formula is C36H44ClN3O8S. The van der Waals surface area contributed by atoms with Gasteiger partial charge in [0, 0.05) is 36.1 Å². The zero-order chi connectivity index (χ0) is 34.4. The van der Waals surface area contributed by atoms with Gasteiger partial charge in [-0.15, -0.1) is 0 Å². The lowest BCUT2D eigenvalue weighted by molar-refractivity contribution is -0.139. The van der Waals surface area contributed by atoms with E-state index in [0.717, 1.165) is 38.5 Å². The molecule has 1 saturated heterocycles. The van der Waals surface area contributed by atoms with Crippen LogP contribution in [0.2, 0.25) is 5.02 Å². The highest BCUT2D eigenvalue weighted by molar-refractivity contribution is 7.90. The first-order valence-electron chi connectivity index (χ1n) is 17.2. The average molecular weight is 714 g/mol. The van der Waals surface area contributed by atoms with Gasteiger partial charge in [0.25, 0.3) is 15.9 Å². The van der Waals surface area contributed by atoms with Gasteiger partial charge in [-0.25, -0.2) is 17.9 Å². The molecule has 0 radical (unpaired) electrons. The fourth-order valence-electron chi connectivity index (χ4n) is 7.86. The second-order valence-electron chi connectivity index (χ2n) is 14.5. The number of anilines is 1. The number of fused-ring (bicyclic) bond motifs is 4. The highest BCUT2D eigenvalue weighted by atomic mass is 35.5. The van der Waals surface area contributed by atoms with Crippen LogP contribution >= 0.6 is 11.6 Å². The number of carbonyl (C=O) groups excluding carboxylic acids is 2. The maximum atomic E-state index is 13.6. The molecule has 3 aliphatic heterocycles. The predicted octanol–water partition coefficient (Wildman–Crippen LogP) is 4.89. The highest BCUT2D eigenvalue weighted by Gasteiger charge is 2.45. The number of halogens is 1. The minimum atomic E-state index is -4.24. The smallest absolute Gasteiger partial charge is 0.408 e. The van der Waals surface area contributed by atoms with Gasteiger partial charge < -0.3 is 29.2 Å². The van der Waals surface area contributed by atoms with Gasteiger partial charge in [0.15, 0.2) is 0 Å². The largest absolute Gasteiger partial charge is 0.490 e. The Balaban J connectivity index is 1.26. The Bertz CT molecular complexity index is 1740. The number of carbonyl (C=O) groups is 2. The van der Waals surface area contributed by atoms with E-state index in [1.165, 1.54) is 31.0 Å². The van der Waals surface area contributed by atoms with Crippen LogP contribution in [0.25, 0.3) is 0 Å². The van der Waals surface area contributed by atoms with Crippen LogP contribution < -0.4 is 19.7 Å². The Kier molecular flexibility index (Phi) is 9.36. The topological polar surface area (TPSA) is 132 Å². The van der Waals surface area contributed by atoms with Crippen molar-refractivity contribution >= 4 is 39.3 Å². The molecule has 264 valence electrons. The molecule has 3 heterocycles. The number of amides is 2. The first kappa shape index (κ1) is 34.1. The zero-order valence-electron chi connectivity index (χ0n) is 27.9. The Morgan fingerprint density at radius 1 is 1.14 bits per heavy atom. The summed E-state index contributed by atoms with van der Waals surface area (Å²) in [6.07, 6.45) is 7.84. The van der Waals surface area contributed by atoms with Gasteiger partial charge >= 0.3 is 6.09 Å². The van der Waals surface area contributed by atoms with E-state index in [0.29, 0.717) is 49.4 Å². The monoisotopic (exact) mass is 713 g/mol. The van der Waals surface area contributed by atoms with Crippen LogP contribution in [0, 0.1) is 11.8 Å². The van der Waals surface area contributed by atoms with Gasteiger partial charge in [0.1, 0.15) is 17.5 Å². The lowest BCUT2D eigenvalue weighted by Gasteiger charge is -2.46. The summed E-state index contributed by atoms with van der Waals surface area (Å²) in [6.45, 7) is 5.72. The van der Waals surface area contributed by atoms with Crippen LogP contribution in [0.4, 0.5) is 10.5 Å². The van der Waals surface area contributed by atoms with E-state index < -0.39 is 33.7 Å². The van der Waals surface area contributed by atoms with Crippen molar-refractivity contribution in [1.29, 1.82) is 0 Å². The summed E-state index contributed by atoms with van der Waals surface area (Å²) in [7, 11) is -4.24. The van der Waals surface area contributed by atoms with Gasteiger partial charge in [0.2, 0.25) is 0 Å². The lowest BCUT2D eigenvalue weighted by Crippen LogP contribution is -2.50. The lowest BCUT2D eigenvalue weighted by atomic mass is 9.68. The SMILES string of the molecule is CC1(C)OC/C=C\[C@H](OC(=O)N[C@@H]2CCOC2)[C@@H]2CC[C@H]2CN2C[C@@]3(CCCc4cc(Cl)ccc43)COc3ccc(cc32)S(=O)(=O)NC1=O. The van der Waals surface area contributed by atoms with Crippen LogP contribution in [-0.4, -0.2) is 77.7 Å². The molecule has 1 spiro atoms. The molecule has 13 heteroatoms. The number of ether oxygens (including phenoxy) is 4. The summed E-state index contributed by atoms with van der Waals surface area (Å²) in [4.78, 5) is 28.5. The van der Waals surface area contributed by atoms with Crippen molar-refractivity contribution < 1.29 is 37.0 Å². The molecular weight excluding hydrogens is 670 g/mol. The van der Waals surface area contributed by atoms with Crippen molar-refractivity contribution in [3.05, 3.63) is 64.7 Å². The molecule has 5 aliphatic rings. The van der Waals surface area contributed by atoms with E-state index in [-0.39, 0.29) is 34.8 Å². The average Bonchev–Trinajstić information content (AvgIpc) is 3.50. The summed E-state index contributed by atoms with van der Waals surface area (Å²) < 4.78 is 53.3. The van der Waals surface area contributed by atoms with Gasteiger partial charge in [-0.1, -0.05) is 23.7 Å². The molecule has 0 aromatic heterocycles. The molecule has 2 N–H and O–H groups in total. The number of sulfonamides is 1. The minimum Gasteiger partial charge on any atom is -0.490 e. The quantitative estimate of drug-likeness (QED) is 0.418. The number of aryl methyl sites for hydroxylation is 1. The van der Waals surface area contributed by atoms with Crippen molar-refractivity contribution in [1.82, 2.24) is 10.0 Å². The molecule has 2 aliphatic carbocycles. The normalized spacial score (nSPS) is 31.2. The van der Waals surface area contributed by atoms with E-state index in [1.54, 1.807) is 18.2 Å². The minimum absolute atomic E-state index is 0.0129. The van der Waals surface area contributed by atoms with Crippen molar-refractivity contribution in [3.63, 3.8) is 0 Å². The van der Waals surface area contributed by atoms with Crippen LogP contribution in [0.5, 0.6) is 5.75 Å². The maximum Gasteiger partial charge on any atom is 0.408 e. The fourth-order valence-corrected chi connectivity index (χ4v) is 9.17. The Morgan fingerprint density at radius 3 is 2.78 bits per heavy atom. The summed E-state index contributed by atoms with van der Waals surface area (Å²) >= 11 is 6.43. The van der Waals surface area contributed by atoms with Gasteiger partial charge in [0.05, 0.1) is 36.4 Å². The number of nitrogens with zero attached hydrogens (tertiary/aromatic N) is 1.